The van der Waals surface area contributed by atoms with Crippen molar-refractivity contribution in [2.24, 2.45) is 0 Å². The molecule has 3 amide bonds. The fourth-order valence-corrected chi connectivity index (χ4v) is 11.4. The van der Waals surface area contributed by atoms with E-state index in [2.05, 4.69) is 40.1 Å². The van der Waals surface area contributed by atoms with E-state index in [-0.39, 0.29) is 36.1 Å². The van der Waals surface area contributed by atoms with Crippen molar-refractivity contribution in [3.63, 3.8) is 0 Å². The molecule has 3 aliphatic heterocycles. The van der Waals surface area contributed by atoms with E-state index < -0.39 is 6.04 Å². The Morgan fingerprint density at radius 3 is 1.96 bits per heavy atom. The number of rotatable bonds is 27. The number of pyridine rings is 1. The highest BCUT2D eigenvalue weighted by molar-refractivity contribution is 5.88. The van der Waals surface area contributed by atoms with Crippen molar-refractivity contribution in [1.29, 1.82) is 0 Å². The maximum absolute atomic E-state index is 14.5. The van der Waals surface area contributed by atoms with Crippen LogP contribution in [0.2, 0.25) is 0 Å². The average Bonchev–Trinajstić information content (AvgIpc) is 3.81. The number of aryl methyl sites for hydroxylation is 1. The van der Waals surface area contributed by atoms with Crippen molar-refractivity contribution in [2.45, 2.75) is 193 Å². The van der Waals surface area contributed by atoms with Crippen LogP contribution in [0.3, 0.4) is 0 Å². The highest BCUT2D eigenvalue weighted by Gasteiger charge is 2.34. The summed E-state index contributed by atoms with van der Waals surface area (Å²) in [5.41, 5.74) is 4.22. The van der Waals surface area contributed by atoms with Crippen molar-refractivity contribution in [3.8, 4) is 0 Å². The van der Waals surface area contributed by atoms with Gasteiger partial charge in [0.2, 0.25) is 5.91 Å². The summed E-state index contributed by atoms with van der Waals surface area (Å²) in [6, 6.07) is 13.4. The number of likely N-dealkylation sites (tertiary alicyclic amines) is 2. The Hall–Kier alpha value is -4.75. The second-order valence-corrected chi connectivity index (χ2v) is 21.4. The molecule has 2 N–H and O–H groups in total. The highest BCUT2D eigenvalue weighted by Crippen LogP contribution is 2.28. The number of benzene rings is 2. The number of carbonyl (C=O) groups excluding carboxylic acids is 3. The number of nitrogens with one attached hydrogen (secondary N) is 2. The Labute approximate surface area is 424 Å². The fraction of sp³-hybridized carbons (Fsp3) is 0.672. The number of esters is 1. The number of para-hydroxylation sites is 1. The summed E-state index contributed by atoms with van der Waals surface area (Å²) in [6.07, 6.45) is 29.9. The van der Waals surface area contributed by atoms with Crippen molar-refractivity contribution in [3.05, 3.63) is 75.7 Å². The lowest BCUT2D eigenvalue weighted by molar-refractivity contribution is -0.148. The van der Waals surface area contributed by atoms with Gasteiger partial charge in [0.1, 0.15) is 6.04 Å². The second-order valence-electron chi connectivity index (χ2n) is 21.4. The maximum Gasteiger partial charge on any atom is 0.318 e. The fourth-order valence-electron chi connectivity index (χ4n) is 11.4. The minimum Gasteiger partial charge on any atom is -0.442 e. The first-order chi connectivity index (χ1) is 34.6. The van der Waals surface area contributed by atoms with Gasteiger partial charge in [0, 0.05) is 80.8 Å². The first kappa shape index (κ1) is 54.0. The van der Waals surface area contributed by atoms with Gasteiger partial charge in [0.05, 0.1) is 5.52 Å². The number of fused-ring (bicyclic) bond motifs is 2. The topological polar surface area (TPSA) is 136 Å². The van der Waals surface area contributed by atoms with Gasteiger partial charge in [-0.1, -0.05) is 140 Å². The Morgan fingerprint density at radius 1 is 0.718 bits per heavy atom. The maximum atomic E-state index is 14.5. The van der Waals surface area contributed by atoms with Gasteiger partial charge < -0.3 is 29.7 Å². The predicted molar refractivity (Wildman–Crippen MR) is 287 cm³/mol. The Kier molecular flexibility index (Phi) is 21.7. The van der Waals surface area contributed by atoms with Gasteiger partial charge in [-0.05, 0) is 99.8 Å². The summed E-state index contributed by atoms with van der Waals surface area (Å²) >= 11 is 0. The summed E-state index contributed by atoms with van der Waals surface area (Å²) < 4.78 is 7.35. The molecule has 390 valence electrons. The minimum atomic E-state index is -0.759. The average molecular weight is 977 g/mol. The number of amides is 3. The third-order valence-electron chi connectivity index (χ3n) is 15.9. The molecule has 2 aromatic carbocycles. The van der Waals surface area contributed by atoms with Crippen molar-refractivity contribution in [2.75, 3.05) is 59.4 Å². The molecule has 1 unspecified atom stereocenters. The first-order valence-electron chi connectivity index (χ1n) is 28.2. The zero-order valence-corrected chi connectivity index (χ0v) is 43.9. The van der Waals surface area contributed by atoms with Crippen LogP contribution in [0.1, 0.15) is 177 Å². The van der Waals surface area contributed by atoms with Crippen LogP contribution in [0.5, 0.6) is 0 Å². The first-order valence-corrected chi connectivity index (χ1v) is 28.2. The van der Waals surface area contributed by atoms with Gasteiger partial charge in [0.25, 0.3) is 5.56 Å². The van der Waals surface area contributed by atoms with Crippen LogP contribution in [0, 0.1) is 6.92 Å². The summed E-state index contributed by atoms with van der Waals surface area (Å²) in [5, 5.41) is 9.85. The molecule has 3 aliphatic rings. The molecule has 5 heterocycles. The van der Waals surface area contributed by atoms with E-state index in [9.17, 15) is 19.2 Å². The van der Waals surface area contributed by atoms with Crippen LogP contribution in [-0.2, 0) is 27.5 Å². The van der Waals surface area contributed by atoms with Crippen LogP contribution in [0.25, 0.3) is 21.8 Å². The van der Waals surface area contributed by atoms with Gasteiger partial charge >= 0.3 is 12.0 Å². The molecule has 1 atom stereocenters. The SMILES string of the molecule is CCCCCCCCCCCCCCCCCCCCC(=O)OCn1cc2cc(CC(NC(=O)N3CCC(c4cc5ccccc5[nH]c4=O)CC3)C(=O)N3CCN(C4CCN(C)CC4)CC3)cc(C)c2n1. The van der Waals surface area contributed by atoms with Crippen molar-refractivity contribution >= 4 is 39.7 Å². The van der Waals surface area contributed by atoms with Gasteiger partial charge in [0.15, 0.2) is 6.73 Å². The Bertz CT molecular complexity index is 2320. The van der Waals surface area contributed by atoms with E-state index in [1.165, 1.54) is 96.3 Å². The standard InChI is InChI=1S/C58H88N8O5/c1-4-5-6-7-8-9-10-11-12-13-14-15-16-17-18-19-20-21-26-54(67)71-44-66-43-49-40-46(39-45(2)55(49)61-66)41-53(57(69)64-37-35-63(36-38-64)50-29-31-62(3)32-30-50)60-58(70)65-33-27-47(28-34-65)51-42-48-24-22-23-25-52(48)59-56(51)68/h22-25,39-40,42-43,47,50,53H,4-21,26-38,41,44H2,1-3H3,(H,59,68)(H,60,70). The molecule has 7 rings (SSSR count). The number of aromatic amines is 1. The lowest BCUT2D eigenvalue weighted by Crippen LogP contribution is -2.59. The highest BCUT2D eigenvalue weighted by atomic mass is 16.5. The third-order valence-corrected chi connectivity index (χ3v) is 15.9. The Morgan fingerprint density at radius 2 is 1.32 bits per heavy atom. The molecule has 0 aliphatic carbocycles. The van der Waals surface area contributed by atoms with Crippen molar-refractivity contribution < 1.29 is 19.1 Å². The molecule has 3 saturated heterocycles. The van der Waals surface area contributed by atoms with E-state index in [1.807, 2.05) is 54.4 Å². The number of hydrogen-bond acceptors (Lipinski definition) is 8. The smallest absolute Gasteiger partial charge is 0.318 e. The number of piperazine rings is 1. The Balaban J connectivity index is 0.860. The monoisotopic (exact) mass is 977 g/mol. The molecule has 13 nitrogen and oxygen atoms in total. The second kappa shape index (κ2) is 28.5. The molecule has 4 aromatic rings. The molecule has 3 fully saturated rings. The molecule has 71 heavy (non-hydrogen) atoms. The lowest BCUT2D eigenvalue weighted by atomic mass is 9.89. The summed E-state index contributed by atoms with van der Waals surface area (Å²) in [4.78, 5) is 66.2. The normalized spacial score (nSPS) is 17.1. The van der Waals surface area contributed by atoms with Crippen LogP contribution >= 0.6 is 0 Å². The summed E-state index contributed by atoms with van der Waals surface area (Å²) in [6.45, 7) is 10.4. The predicted octanol–water partition coefficient (Wildman–Crippen LogP) is 10.9. The number of unbranched alkanes of at least 4 members (excludes halogenated alkanes) is 17. The van der Waals surface area contributed by atoms with Crippen LogP contribution in [0.15, 0.2) is 53.5 Å². The number of urea groups is 1. The third kappa shape index (κ3) is 16.6. The number of H-pyrrole nitrogens is 1. The number of aromatic nitrogens is 3. The molecule has 0 saturated carbocycles. The van der Waals surface area contributed by atoms with Crippen LogP contribution < -0.4 is 10.9 Å². The molecule has 2 aromatic heterocycles. The van der Waals surface area contributed by atoms with E-state index in [0.717, 1.165) is 96.8 Å². The van der Waals surface area contributed by atoms with E-state index in [4.69, 9.17) is 9.84 Å². The lowest BCUT2D eigenvalue weighted by Gasteiger charge is -2.43. The minimum absolute atomic E-state index is 0.0447. The van der Waals surface area contributed by atoms with Gasteiger partial charge in [-0.15, -0.1) is 0 Å². The number of hydrogen-bond donors (Lipinski definition) is 2. The molecule has 0 bridgehead atoms. The summed E-state index contributed by atoms with van der Waals surface area (Å²) in [7, 11) is 2.18. The largest absolute Gasteiger partial charge is 0.442 e. The van der Waals surface area contributed by atoms with Gasteiger partial charge in [-0.2, -0.15) is 5.10 Å². The molecule has 0 spiro atoms. The van der Waals surface area contributed by atoms with Gasteiger partial charge in [-0.3, -0.25) is 19.3 Å². The quantitative estimate of drug-likeness (QED) is 0.0445. The molecular formula is C58H88N8O5. The van der Waals surface area contributed by atoms with E-state index in [0.29, 0.717) is 57.9 Å². The number of piperidine rings is 2. The van der Waals surface area contributed by atoms with Crippen LogP contribution in [0.4, 0.5) is 4.79 Å². The van der Waals surface area contributed by atoms with Gasteiger partial charge in [-0.25, -0.2) is 9.48 Å². The molecular weight excluding hydrogens is 889 g/mol. The number of nitrogens with zero attached hydrogens (tertiary/aromatic N) is 6. The van der Waals surface area contributed by atoms with Crippen LogP contribution in [-0.4, -0.2) is 124 Å². The zero-order chi connectivity index (χ0) is 49.8. The molecule has 0 radical (unpaired) electrons. The van der Waals surface area contributed by atoms with E-state index in [1.54, 1.807) is 9.58 Å². The molecule has 13 heteroatoms. The number of carbonyl (C=O) groups is 3. The number of ether oxygens (including phenoxy) is 1. The van der Waals surface area contributed by atoms with E-state index >= 15 is 0 Å². The summed E-state index contributed by atoms with van der Waals surface area (Å²) in [5.74, 6) is -0.216. The zero-order valence-electron chi connectivity index (χ0n) is 43.9. The van der Waals surface area contributed by atoms with Crippen molar-refractivity contribution in [1.82, 2.24) is 39.7 Å².